The van der Waals surface area contributed by atoms with Gasteiger partial charge in [-0.2, -0.15) is 0 Å². The summed E-state index contributed by atoms with van der Waals surface area (Å²) in [4.78, 5) is 2.68. The van der Waals surface area contributed by atoms with E-state index in [-0.39, 0.29) is 0 Å². The van der Waals surface area contributed by atoms with Crippen molar-refractivity contribution in [2.45, 2.75) is 52.5 Å². The first-order valence-corrected chi connectivity index (χ1v) is 5.92. The Hall–Kier alpha value is -0.0400. The fraction of sp³-hybridized carbons (Fsp3) is 1.00. The maximum absolute atomic E-state index is 2.68. The van der Waals surface area contributed by atoms with Gasteiger partial charge in [-0.15, -0.1) is 0 Å². The van der Waals surface area contributed by atoms with Crippen molar-refractivity contribution in [3.05, 3.63) is 0 Å². The van der Waals surface area contributed by atoms with Gasteiger partial charge >= 0.3 is 0 Å². The van der Waals surface area contributed by atoms with Crippen LogP contribution in [-0.2, 0) is 0 Å². The van der Waals surface area contributed by atoms with Crippen molar-refractivity contribution in [1.29, 1.82) is 0 Å². The van der Waals surface area contributed by atoms with Crippen LogP contribution in [0.5, 0.6) is 0 Å². The molecule has 0 aromatic heterocycles. The van der Waals surface area contributed by atoms with E-state index >= 15 is 0 Å². The van der Waals surface area contributed by atoms with Gasteiger partial charge in [-0.05, 0) is 51.0 Å². The Morgan fingerprint density at radius 1 is 1.38 bits per heavy atom. The minimum Gasteiger partial charge on any atom is -0.300 e. The summed E-state index contributed by atoms with van der Waals surface area (Å²) in [6.07, 6.45) is 5.88. The second kappa shape index (κ2) is 3.27. The van der Waals surface area contributed by atoms with Gasteiger partial charge in [-0.25, -0.2) is 0 Å². The van der Waals surface area contributed by atoms with Crippen LogP contribution in [0.4, 0.5) is 0 Å². The van der Waals surface area contributed by atoms with Gasteiger partial charge in [0, 0.05) is 12.6 Å². The maximum Gasteiger partial charge on any atom is 0.00433 e. The molecule has 1 saturated carbocycles. The van der Waals surface area contributed by atoms with Gasteiger partial charge in [0.25, 0.3) is 0 Å². The third-order valence-corrected chi connectivity index (χ3v) is 4.26. The van der Waals surface area contributed by atoms with E-state index in [0.29, 0.717) is 0 Å². The summed E-state index contributed by atoms with van der Waals surface area (Å²) in [5.41, 5.74) is 0.775. The summed E-state index contributed by atoms with van der Waals surface area (Å²) in [6, 6.07) is 0.760. The average Bonchev–Trinajstić information content (AvgIpc) is 2.85. The number of likely N-dealkylation sites (tertiary alicyclic amines) is 1. The number of hydrogen-bond acceptors (Lipinski definition) is 1. The Labute approximate surface area is 82.5 Å². The lowest BCUT2D eigenvalue weighted by atomic mass is 9.80. The van der Waals surface area contributed by atoms with Gasteiger partial charge in [-0.1, -0.05) is 13.3 Å². The van der Waals surface area contributed by atoms with Crippen LogP contribution in [0.25, 0.3) is 0 Å². The lowest BCUT2D eigenvalue weighted by Gasteiger charge is -2.41. The highest BCUT2D eigenvalue weighted by molar-refractivity contribution is 5.03. The molecule has 13 heavy (non-hydrogen) atoms. The highest BCUT2D eigenvalue weighted by Gasteiger charge is 2.51. The van der Waals surface area contributed by atoms with Gasteiger partial charge in [0.05, 0.1) is 0 Å². The highest BCUT2D eigenvalue weighted by Crippen LogP contribution is 2.56. The molecular weight excluding hydrogens is 158 g/mol. The lowest BCUT2D eigenvalue weighted by Crippen LogP contribution is -2.44. The van der Waals surface area contributed by atoms with Crippen LogP contribution in [0.3, 0.4) is 0 Å². The number of rotatable bonds is 2. The van der Waals surface area contributed by atoms with E-state index in [1.807, 2.05) is 0 Å². The SMILES string of the molecule is CCC1CCN(C(C)C)CC12CC2. The smallest absolute Gasteiger partial charge is 0.00433 e. The molecule has 0 aromatic rings. The topological polar surface area (TPSA) is 3.24 Å². The maximum atomic E-state index is 2.68. The van der Waals surface area contributed by atoms with Crippen LogP contribution in [-0.4, -0.2) is 24.0 Å². The highest BCUT2D eigenvalue weighted by atomic mass is 15.2. The average molecular weight is 181 g/mol. The predicted octanol–water partition coefficient (Wildman–Crippen LogP) is 2.91. The van der Waals surface area contributed by atoms with Gasteiger partial charge < -0.3 is 4.90 Å². The summed E-state index contributed by atoms with van der Waals surface area (Å²) in [7, 11) is 0. The van der Waals surface area contributed by atoms with Crippen molar-refractivity contribution >= 4 is 0 Å². The summed E-state index contributed by atoms with van der Waals surface area (Å²) < 4.78 is 0. The summed E-state index contributed by atoms with van der Waals surface area (Å²) in [6.45, 7) is 9.78. The van der Waals surface area contributed by atoms with Crippen molar-refractivity contribution in [3.8, 4) is 0 Å². The Morgan fingerprint density at radius 3 is 2.54 bits per heavy atom. The quantitative estimate of drug-likeness (QED) is 0.633. The zero-order chi connectivity index (χ0) is 9.47. The zero-order valence-electron chi connectivity index (χ0n) is 9.34. The molecule has 0 radical (unpaired) electrons. The third-order valence-electron chi connectivity index (χ3n) is 4.26. The predicted molar refractivity (Wildman–Crippen MR) is 56.8 cm³/mol. The van der Waals surface area contributed by atoms with Crippen LogP contribution in [0.1, 0.15) is 46.5 Å². The van der Waals surface area contributed by atoms with E-state index in [4.69, 9.17) is 0 Å². The Morgan fingerprint density at radius 2 is 2.08 bits per heavy atom. The normalized spacial score (nSPS) is 32.8. The number of nitrogens with zero attached hydrogens (tertiary/aromatic N) is 1. The molecule has 1 aliphatic heterocycles. The molecule has 0 amide bonds. The standard InChI is InChI=1S/C12H23N/c1-4-11-5-8-13(10(2)3)9-12(11)6-7-12/h10-11H,4-9H2,1-3H3. The second-order valence-electron chi connectivity index (χ2n) is 5.32. The molecule has 2 rings (SSSR count). The fourth-order valence-electron chi connectivity index (χ4n) is 3.05. The van der Waals surface area contributed by atoms with E-state index in [1.54, 1.807) is 0 Å². The van der Waals surface area contributed by atoms with E-state index in [9.17, 15) is 0 Å². The first kappa shape index (κ1) is 9.51. The van der Waals surface area contributed by atoms with Crippen LogP contribution in [0.15, 0.2) is 0 Å². The van der Waals surface area contributed by atoms with E-state index in [0.717, 1.165) is 17.4 Å². The Balaban J connectivity index is 1.99. The second-order valence-corrected chi connectivity index (χ2v) is 5.32. The molecule has 2 fully saturated rings. The van der Waals surface area contributed by atoms with Crippen molar-refractivity contribution < 1.29 is 0 Å². The molecule has 1 nitrogen and oxygen atoms in total. The Kier molecular flexibility index (Phi) is 2.39. The van der Waals surface area contributed by atoms with Crippen LogP contribution in [0, 0.1) is 11.3 Å². The molecule has 0 aromatic carbocycles. The first-order valence-electron chi connectivity index (χ1n) is 5.92. The van der Waals surface area contributed by atoms with Gasteiger partial charge in [0.1, 0.15) is 0 Å². The summed E-state index contributed by atoms with van der Waals surface area (Å²) in [5.74, 6) is 1.04. The molecule has 1 unspecified atom stereocenters. The zero-order valence-corrected chi connectivity index (χ0v) is 9.34. The molecule has 1 heterocycles. The molecule has 2 aliphatic rings. The molecule has 1 aliphatic carbocycles. The molecule has 1 heteroatoms. The minimum atomic E-state index is 0.760. The molecule has 1 saturated heterocycles. The van der Waals surface area contributed by atoms with Gasteiger partial charge in [-0.3, -0.25) is 0 Å². The molecule has 0 bridgehead atoms. The van der Waals surface area contributed by atoms with Crippen LogP contribution < -0.4 is 0 Å². The number of piperidine rings is 1. The van der Waals surface area contributed by atoms with E-state index < -0.39 is 0 Å². The molecular formula is C12H23N. The van der Waals surface area contributed by atoms with Crippen molar-refractivity contribution in [3.63, 3.8) is 0 Å². The van der Waals surface area contributed by atoms with Crippen LogP contribution >= 0.6 is 0 Å². The lowest BCUT2D eigenvalue weighted by molar-refractivity contribution is 0.0764. The van der Waals surface area contributed by atoms with Crippen LogP contribution in [0.2, 0.25) is 0 Å². The molecule has 1 spiro atoms. The number of hydrogen-bond donors (Lipinski definition) is 0. The summed E-state index contributed by atoms with van der Waals surface area (Å²) in [5, 5.41) is 0. The van der Waals surface area contributed by atoms with Gasteiger partial charge in [0.2, 0.25) is 0 Å². The largest absolute Gasteiger partial charge is 0.300 e. The van der Waals surface area contributed by atoms with Crippen molar-refractivity contribution in [2.24, 2.45) is 11.3 Å². The molecule has 1 atom stereocenters. The molecule has 0 N–H and O–H groups in total. The molecule has 76 valence electrons. The van der Waals surface area contributed by atoms with Gasteiger partial charge in [0.15, 0.2) is 0 Å². The third kappa shape index (κ3) is 1.63. The summed E-state index contributed by atoms with van der Waals surface area (Å²) >= 11 is 0. The van der Waals surface area contributed by atoms with E-state index in [1.165, 1.54) is 38.8 Å². The van der Waals surface area contributed by atoms with Crippen molar-refractivity contribution in [2.75, 3.05) is 13.1 Å². The van der Waals surface area contributed by atoms with E-state index in [2.05, 4.69) is 25.7 Å². The van der Waals surface area contributed by atoms with Crippen molar-refractivity contribution in [1.82, 2.24) is 4.90 Å². The monoisotopic (exact) mass is 181 g/mol. The Bertz CT molecular complexity index is 182. The first-order chi connectivity index (χ1) is 6.18. The minimum absolute atomic E-state index is 0.760. The fourth-order valence-corrected chi connectivity index (χ4v) is 3.05.